The fourth-order valence-corrected chi connectivity index (χ4v) is 5.64. The summed E-state index contributed by atoms with van der Waals surface area (Å²) < 4.78 is 11.4. The highest BCUT2D eigenvalue weighted by Gasteiger charge is 2.41. The van der Waals surface area contributed by atoms with Crippen molar-refractivity contribution in [1.29, 1.82) is 0 Å². The lowest BCUT2D eigenvalue weighted by Crippen LogP contribution is -2.51. The maximum atomic E-state index is 13.6. The van der Waals surface area contributed by atoms with Gasteiger partial charge in [-0.15, -0.1) is 0 Å². The number of piperidine rings is 1. The highest BCUT2D eigenvalue weighted by molar-refractivity contribution is 5.96. The van der Waals surface area contributed by atoms with E-state index in [0.717, 1.165) is 76.3 Å². The number of aromatic nitrogens is 2. The molecule has 4 heterocycles. The van der Waals surface area contributed by atoms with E-state index in [-0.39, 0.29) is 17.9 Å². The van der Waals surface area contributed by atoms with Crippen LogP contribution in [0.5, 0.6) is 5.75 Å². The van der Waals surface area contributed by atoms with Gasteiger partial charge < -0.3 is 25.0 Å². The highest BCUT2D eigenvalue weighted by atomic mass is 16.5. The van der Waals surface area contributed by atoms with Gasteiger partial charge in [-0.05, 0) is 57.8 Å². The molecule has 3 aliphatic rings. The molecule has 0 bridgehead atoms. The molecule has 2 fully saturated rings. The largest absolute Gasteiger partial charge is 0.491 e. The molecule has 39 heavy (non-hydrogen) atoms. The second-order valence-electron chi connectivity index (χ2n) is 10.9. The molecule has 1 aromatic carbocycles. The van der Waals surface area contributed by atoms with E-state index < -0.39 is 5.41 Å². The van der Waals surface area contributed by atoms with Gasteiger partial charge in [-0.1, -0.05) is 18.6 Å². The first-order valence-electron chi connectivity index (χ1n) is 14.2. The number of hydrogen-bond donors (Lipinski definition) is 2. The Bertz CT molecular complexity index is 1110. The van der Waals surface area contributed by atoms with Crippen LogP contribution < -0.4 is 20.3 Å². The van der Waals surface area contributed by atoms with Gasteiger partial charge >= 0.3 is 0 Å². The first-order valence-corrected chi connectivity index (χ1v) is 14.2. The maximum absolute atomic E-state index is 13.6. The average molecular weight is 537 g/mol. The number of anilines is 1. The van der Waals surface area contributed by atoms with Crippen LogP contribution in [-0.4, -0.2) is 85.3 Å². The van der Waals surface area contributed by atoms with Crippen molar-refractivity contribution in [2.75, 3.05) is 57.4 Å². The van der Waals surface area contributed by atoms with Crippen LogP contribution in [0.1, 0.15) is 54.9 Å². The summed E-state index contributed by atoms with van der Waals surface area (Å²) in [6.45, 7) is 8.35. The van der Waals surface area contributed by atoms with Crippen LogP contribution in [0.3, 0.4) is 0 Å². The van der Waals surface area contributed by atoms with Crippen LogP contribution in [-0.2, 0) is 16.1 Å². The van der Waals surface area contributed by atoms with Crippen molar-refractivity contribution in [2.24, 2.45) is 5.41 Å². The van der Waals surface area contributed by atoms with E-state index in [1.165, 1.54) is 0 Å². The Morgan fingerprint density at radius 2 is 1.74 bits per heavy atom. The number of fused-ring (bicyclic) bond motifs is 1. The number of nitrogens with zero attached hydrogens (tertiary/aromatic N) is 4. The Kier molecular flexibility index (Phi) is 8.93. The van der Waals surface area contributed by atoms with Crippen LogP contribution in [0.25, 0.3) is 0 Å². The van der Waals surface area contributed by atoms with Gasteiger partial charge in [-0.2, -0.15) is 0 Å². The molecular formula is C29H40N6O4. The maximum Gasteiger partial charge on any atom is 0.255 e. The fourth-order valence-electron chi connectivity index (χ4n) is 5.64. The van der Waals surface area contributed by atoms with E-state index in [1.54, 1.807) is 12.1 Å². The molecular weight excluding hydrogens is 496 g/mol. The van der Waals surface area contributed by atoms with Gasteiger partial charge in [-0.25, -0.2) is 9.97 Å². The molecule has 0 aliphatic carbocycles. The van der Waals surface area contributed by atoms with Gasteiger partial charge in [-0.3, -0.25) is 14.5 Å². The van der Waals surface area contributed by atoms with Crippen molar-refractivity contribution in [1.82, 2.24) is 25.5 Å². The van der Waals surface area contributed by atoms with E-state index in [2.05, 4.69) is 30.4 Å². The topological polar surface area (TPSA) is 109 Å². The monoisotopic (exact) mass is 536 g/mol. The molecule has 0 unspecified atom stereocenters. The molecule has 0 saturated carbocycles. The molecule has 5 rings (SSSR count). The lowest BCUT2D eigenvalue weighted by atomic mass is 9.73. The molecule has 210 valence electrons. The smallest absolute Gasteiger partial charge is 0.255 e. The first kappa shape index (κ1) is 27.3. The third-order valence-electron chi connectivity index (χ3n) is 8.05. The van der Waals surface area contributed by atoms with Crippen molar-refractivity contribution in [2.45, 2.75) is 51.6 Å². The Morgan fingerprint density at radius 3 is 2.51 bits per heavy atom. The van der Waals surface area contributed by atoms with E-state index in [9.17, 15) is 9.59 Å². The number of ether oxygens (including phenoxy) is 2. The number of carbonyl (C=O) groups is 2. The summed E-state index contributed by atoms with van der Waals surface area (Å²) in [4.78, 5) is 40.1. The summed E-state index contributed by atoms with van der Waals surface area (Å²) in [6, 6.07) is 7.08. The van der Waals surface area contributed by atoms with Gasteiger partial charge in [0.05, 0.1) is 30.2 Å². The van der Waals surface area contributed by atoms with E-state index in [1.807, 2.05) is 31.5 Å². The van der Waals surface area contributed by atoms with Crippen molar-refractivity contribution in [3.63, 3.8) is 0 Å². The van der Waals surface area contributed by atoms with Gasteiger partial charge in [0.2, 0.25) is 11.9 Å². The zero-order chi connectivity index (χ0) is 27.1. The predicted octanol–water partition coefficient (Wildman–Crippen LogP) is 2.39. The van der Waals surface area contributed by atoms with Crippen LogP contribution in [0.15, 0.2) is 36.7 Å². The fraction of sp³-hybridized carbons (Fsp3) is 0.586. The number of carbonyl (C=O) groups excluding carboxylic acids is 2. The molecule has 10 nitrogen and oxygen atoms in total. The standard InChI is InChI=1S/C29H40N6O4/c1-22-21-39-25-7-3-2-6-24(25)26(36)30-11-5-4-8-29(27(37)33-22)9-12-34(13-10-29)20-23-18-31-28(32-19-23)35-14-16-38-17-15-35/h2-3,6-7,18-19,22H,4-5,8-17,20-21H2,1H3,(H,30,36)(H,33,37)/t22-/m1/s1. The zero-order valence-electron chi connectivity index (χ0n) is 22.9. The van der Waals surface area contributed by atoms with Crippen LogP contribution >= 0.6 is 0 Å². The van der Waals surface area contributed by atoms with E-state index in [4.69, 9.17) is 9.47 Å². The summed E-state index contributed by atoms with van der Waals surface area (Å²) in [5.41, 5.74) is 1.20. The third-order valence-corrected chi connectivity index (χ3v) is 8.05. The Hall–Kier alpha value is -3.24. The van der Waals surface area contributed by atoms with Gasteiger partial charge in [0.1, 0.15) is 12.4 Å². The number of likely N-dealkylation sites (tertiary alicyclic amines) is 1. The number of rotatable bonds is 3. The lowest BCUT2D eigenvalue weighted by molar-refractivity contribution is -0.135. The van der Waals surface area contributed by atoms with Crippen molar-refractivity contribution < 1.29 is 19.1 Å². The summed E-state index contributed by atoms with van der Waals surface area (Å²) in [5, 5.41) is 6.24. The average Bonchev–Trinajstić information content (AvgIpc) is 2.97. The third kappa shape index (κ3) is 6.86. The summed E-state index contributed by atoms with van der Waals surface area (Å²) >= 11 is 0. The molecule has 2 N–H and O–H groups in total. The normalized spacial score (nSPS) is 23.2. The molecule has 1 aromatic heterocycles. The highest BCUT2D eigenvalue weighted by Crippen LogP contribution is 2.37. The summed E-state index contributed by atoms with van der Waals surface area (Å²) in [6.07, 6.45) is 7.97. The quantitative estimate of drug-likeness (QED) is 0.616. The molecule has 2 amide bonds. The van der Waals surface area contributed by atoms with Gasteiger partial charge in [0, 0.05) is 44.1 Å². The lowest BCUT2D eigenvalue weighted by Gasteiger charge is -2.41. The number of benzene rings is 1. The van der Waals surface area contributed by atoms with Crippen LogP contribution in [0.4, 0.5) is 5.95 Å². The van der Waals surface area contributed by atoms with Crippen molar-refractivity contribution >= 4 is 17.8 Å². The molecule has 1 spiro atoms. The van der Waals surface area contributed by atoms with Gasteiger partial charge in [0.15, 0.2) is 0 Å². The number of hydrogen-bond acceptors (Lipinski definition) is 8. The Morgan fingerprint density at radius 1 is 1.00 bits per heavy atom. The Labute approximate surface area is 230 Å². The molecule has 3 aliphatic heterocycles. The summed E-state index contributed by atoms with van der Waals surface area (Å²) in [7, 11) is 0. The van der Waals surface area contributed by atoms with E-state index >= 15 is 0 Å². The summed E-state index contributed by atoms with van der Waals surface area (Å²) in [5.74, 6) is 1.29. The molecule has 0 radical (unpaired) electrons. The number of morpholine rings is 1. The number of amides is 2. The van der Waals surface area contributed by atoms with E-state index in [0.29, 0.717) is 37.7 Å². The van der Waals surface area contributed by atoms with Crippen LogP contribution in [0, 0.1) is 5.41 Å². The molecule has 2 aromatic rings. The number of para-hydroxylation sites is 1. The van der Waals surface area contributed by atoms with Crippen molar-refractivity contribution in [3.05, 3.63) is 47.8 Å². The van der Waals surface area contributed by atoms with Gasteiger partial charge in [0.25, 0.3) is 5.91 Å². The minimum absolute atomic E-state index is 0.117. The molecule has 1 atom stereocenters. The van der Waals surface area contributed by atoms with Crippen LogP contribution in [0.2, 0.25) is 0 Å². The zero-order valence-corrected chi connectivity index (χ0v) is 22.9. The second kappa shape index (κ2) is 12.7. The molecule has 10 heteroatoms. The first-order chi connectivity index (χ1) is 19.0. The molecule has 2 saturated heterocycles. The predicted molar refractivity (Wildman–Crippen MR) is 148 cm³/mol. The minimum atomic E-state index is -0.409. The number of nitrogens with one attached hydrogen (secondary N) is 2. The SMILES string of the molecule is C[C@@H]1COc2ccccc2C(=O)NCCCCC2(CCN(Cc3cnc(N4CCOCC4)nc3)CC2)C(=O)N1. The minimum Gasteiger partial charge on any atom is -0.491 e. The Balaban J connectivity index is 1.19. The second-order valence-corrected chi connectivity index (χ2v) is 10.9. The van der Waals surface area contributed by atoms with Crippen molar-refractivity contribution in [3.8, 4) is 5.75 Å².